The molecule has 0 aliphatic heterocycles. The number of nitrogens with two attached hydrogens (primary N) is 2. The van der Waals surface area contributed by atoms with Crippen LogP contribution >= 0.6 is 0 Å². The largest absolute Gasteiger partial charge is 0.380 e. The van der Waals surface area contributed by atoms with Gasteiger partial charge in [-0.2, -0.15) is 4.98 Å². The van der Waals surface area contributed by atoms with Crippen LogP contribution in [0, 0.1) is 0 Å². The minimum Gasteiger partial charge on any atom is -0.380 e. The zero-order chi connectivity index (χ0) is 18.5. The van der Waals surface area contributed by atoms with Gasteiger partial charge in [0.25, 0.3) is 0 Å². The van der Waals surface area contributed by atoms with Crippen LogP contribution in [0.3, 0.4) is 0 Å². The Balaban J connectivity index is 1.87. The molecule has 136 valence electrons. The third-order valence-electron chi connectivity index (χ3n) is 3.96. The topological polar surface area (TPSA) is 121 Å². The molecule has 3 rings (SSSR count). The van der Waals surface area contributed by atoms with Gasteiger partial charge in [-0.3, -0.25) is 4.79 Å². The smallest absolute Gasteiger partial charge is 0.248 e. The number of rotatable bonds is 8. The fourth-order valence-corrected chi connectivity index (χ4v) is 2.74. The molecule has 3 aromatic rings. The van der Waals surface area contributed by atoms with Crippen molar-refractivity contribution in [2.45, 2.75) is 13.5 Å². The van der Waals surface area contributed by atoms with Gasteiger partial charge in [-0.05, 0) is 30.7 Å². The molecule has 26 heavy (non-hydrogen) atoms. The predicted molar refractivity (Wildman–Crippen MR) is 101 cm³/mol. The normalized spacial score (nSPS) is 11.0. The molecular weight excluding hydrogens is 332 g/mol. The van der Waals surface area contributed by atoms with Crippen molar-refractivity contribution in [1.29, 1.82) is 0 Å². The van der Waals surface area contributed by atoms with E-state index in [1.165, 1.54) is 0 Å². The van der Waals surface area contributed by atoms with Crippen LogP contribution in [-0.4, -0.2) is 40.2 Å². The maximum Gasteiger partial charge on any atom is 0.248 e. The first kappa shape index (κ1) is 17.7. The SMILES string of the molecule is CCOCCNc1nc(N)nc2ccn(Cc3ccc(C(N)=O)cc3)c12. The van der Waals surface area contributed by atoms with E-state index in [1.54, 1.807) is 12.1 Å². The van der Waals surface area contributed by atoms with E-state index in [9.17, 15) is 4.79 Å². The second-order valence-corrected chi connectivity index (χ2v) is 5.79. The predicted octanol–water partition coefficient (Wildman–Crippen LogP) is 1.61. The van der Waals surface area contributed by atoms with Crippen LogP contribution in [0.15, 0.2) is 36.5 Å². The second-order valence-electron chi connectivity index (χ2n) is 5.79. The number of hydrogen-bond acceptors (Lipinski definition) is 6. The Morgan fingerprint density at radius 3 is 2.69 bits per heavy atom. The molecule has 1 aromatic carbocycles. The molecule has 0 fully saturated rings. The van der Waals surface area contributed by atoms with Crippen molar-refractivity contribution in [3.05, 3.63) is 47.7 Å². The molecular formula is C18H22N6O2. The van der Waals surface area contributed by atoms with E-state index >= 15 is 0 Å². The molecule has 0 spiro atoms. The Kier molecular flexibility index (Phi) is 5.33. The van der Waals surface area contributed by atoms with E-state index in [0.29, 0.717) is 37.7 Å². The van der Waals surface area contributed by atoms with Crippen LogP contribution in [0.4, 0.5) is 11.8 Å². The van der Waals surface area contributed by atoms with Crippen molar-refractivity contribution in [1.82, 2.24) is 14.5 Å². The molecule has 0 unspecified atom stereocenters. The van der Waals surface area contributed by atoms with Gasteiger partial charge in [0.1, 0.15) is 5.52 Å². The van der Waals surface area contributed by atoms with Crippen molar-refractivity contribution in [3.8, 4) is 0 Å². The number of primary amides is 1. The Bertz CT molecular complexity index is 904. The summed E-state index contributed by atoms with van der Waals surface area (Å²) in [6.45, 7) is 4.43. The standard InChI is InChI=1S/C18H22N6O2/c1-2-26-10-8-21-17-15-14(22-18(20)23-17)7-9-24(15)11-12-3-5-13(6-4-12)16(19)25/h3-7,9H,2,8,10-11H2,1H3,(H2,19,25)(H3,20,21,22,23). The summed E-state index contributed by atoms with van der Waals surface area (Å²) in [6.07, 6.45) is 1.94. The third-order valence-corrected chi connectivity index (χ3v) is 3.96. The summed E-state index contributed by atoms with van der Waals surface area (Å²) in [5.41, 5.74) is 14.3. The Morgan fingerprint density at radius 2 is 2.00 bits per heavy atom. The number of carbonyl (C=O) groups excluding carboxylic acids is 1. The third kappa shape index (κ3) is 3.92. The summed E-state index contributed by atoms with van der Waals surface area (Å²) in [5, 5.41) is 3.26. The Labute approximate surface area is 151 Å². The number of ether oxygens (including phenoxy) is 1. The van der Waals surface area contributed by atoms with Crippen molar-refractivity contribution in [2.75, 3.05) is 30.8 Å². The molecule has 8 heteroatoms. The van der Waals surface area contributed by atoms with Crippen LogP contribution in [-0.2, 0) is 11.3 Å². The van der Waals surface area contributed by atoms with E-state index in [2.05, 4.69) is 15.3 Å². The lowest BCUT2D eigenvalue weighted by Gasteiger charge is -2.12. The molecule has 2 heterocycles. The minimum absolute atomic E-state index is 0.222. The number of hydrogen-bond donors (Lipinski definition) is 3. The van der Waals surface area contributed by atoms with E-state index in [0.717, 1.165) is 16.6 Å². The lowest BCUT2D eigenvalue weighted by Crippen LogP contribution is -2.13. The molecule has 0 aliphatic carbocycles. The van der Waals surface area contributed by atoms with Gasteiger partial charge in [-0.1, -0.05) is 12.1 Å². The molecule has 0 bridgehead atoms. The van der Waals surface area contributed by atoms with Gasteiger partial charge in [-0.15, -0.1) is 0 Å². The monoisotopic (exact) mass is 354 g/mol. The highest BCUT2D eigenvalue weighted by atomic mass is 16.5. The fraction of sp³-hybridized carbons (Fsp3) is 0.278. The summed E-state index contributed by atoms with van der Waals surface area (Å²) < 4.78 is 7.39. The number of fused-ring (bicyclic) bond motifs is 1. The van der Waals surface area contributed by atoms with E-state index in [-0.39, 0.29) is 5.95 Å². The number of carbonyl (C=O) groups is 1. The van der Waals surface area contributed by atoms with Crippen LogP contribution in [0.5, 0.6) is 0 Å². The molecule has 0 saturated heterocycles. The molecule has 0 radical (unpaired) electrons. The molecule has 2 aromatic heterocycles. The van der Waals surface area contributed by atoms with Gasteiger partial charge in [0.15, 0.2) is 5.82 Å². The summed E-state index contributed by atoms with van der Waals surface area (Å²) in [4.78, 5) is 19.8. The quantitative estimate of drug-likeness (QED) is 0.528. The van der Waals surface area contributed by atoms with Gasteiger partial charge in [0, 0.05) is 31.5 Å². The molecule has 8 nitrogen and oxygen atoms in total. The number of anilines is 2. The summed E-state index contributed by atoms with van der Waals surface area (Å²) in [6, 6.07) is 9.11. The number of aromatic nitrogens is 3. The van der Waals surface area contributed by atoms with Crippen molar-refractivity contribution in [2.24, 2.45) is 5.73 Å². The summed E-state index contributed by atoms with van der Waals surface area (Å²) >= 11 is 0. The zero-order valence-electron chi connectivity index (χ0n) is 14.6. The fourth-order valence-electron chi connectivity index (χ4n) is 2.74. The Hall–Kier alpha value is -3.13. The van der Waals surface area contributed by atoms with Crippen LogP contribution in [0.1, 0.15) is 22.8 Å². The maximum absolute atomic E-state index is 11.2. The first-order valence-corrected chi connectivity index (χ1v) is 8.41. The van der Waals surface area contributed by atoms with E-state index in [4.69, 9.17) is 16.2 Å². The van der Waals surface area contributed by atoms with Crippen LogP contribution < -0.4 is 16.8 Å². The number of amides is 1. The molecule has 0 saturated carbocycles. The molecule has 1 amide bonds. The number of nitrogen functional groups attached to an aromatic ring is 1. The maximum atomic E-state index is 11.2. The highest BCUT2D eigenvalue weighted by Gasteiger charge is 2.12. The van der Waals surface area contributed by atoms with Crippen LogP contribution in [0.2, 0.25) is 0 Å². The molecule has 5 N–H and O–H groups in total. The first-order chi connectivity index (χ1) is 12.6. The van der Waals surface area contributed by atoms with Gasteiger partial charge < -0.3 is 26.1 Å². The summed E-state index contributed by atoms with van der Waals surface area (Å²) in [7, 11) is 0. The summed E-state index contributed by atoms with van der Waals surface area (Å²) in [5.74, 6) is 0.457. The van der Waals surface area contributed by atoms with E-state index in [1.807, 2.05) is 35.9 Å². The molecule has 0 atom stereocenters. The van der Waals surface area contributed by atoms with Gasteiger partial charge in [-0.25, -0.2) is 4.98 Å². The van der Waals surface area contributed by atoms with Gasteiger partial charge in [0.05, 0.1) is 12.1 Å². The zero-order valence-corrected chi connectivity index (χ0v) is 14.6. The number of benzene rings is 1. The number of nitrogens with one attached hydrogen (secondary N) is 1. The highest BCUT2D eigenvalue weighted by molar-refractivity contribution is 5.92. The van der Waals surface area contributed by atoms with Crippen molar-refractivity contribution < 1.29 is 9.53 Å². The first-order valence-electron chi connectivity index (χ1n) is 8.41. The van der Waals surface area contributed by atoms with Crippen molar-refractivity contribution in [3.63, 3.8) is 0 Å². The highest BCUT2D eigenvalue weighted by Crippen LogP contribution is 2.23. The van der Waals surface area contributed by atoms with E-state index < -0.39 is 5.91 Å². The van der Waals surface area contributed by atoms with Crippen molar-refractivity contribution >= 4 is 28.7 Å². The van der Waals surface area contributed by atoms with Crippen LogP contribution in [0.25, 0.3) is 11.0 Å². The molecule has 0 aliphatic rings. The van der Waals surface area contributed by atoms with Gasteiger partial charge in [0.2, 0.25) is 11.9 Å². The Morgan fingerprint density at radius 1 is 1.23 bits per heavy atom. The number of nitrogens with zero attached hydrogens (tertiary/aromatic N) is 3. The lowest BCUT2D eigenvalue weighted by atomic mass is 10.1. The minimum atomic E-state index is -0.437. The second kappa shape index (κ2) is 7.83. The average molecular weight is 354 g/mol. The van der Waals surface area contributed by atoms with Gasteiger partial charge >= 0.3 is 0 Å². The lowest BCUT2D eigenvalue weighted by molar-refractivity contribution is 0.100. The average Bonchev–Trinajstić information content (AvgIpc) is 3.01.